The maximum absolute atomic E-state index is 11.7. The number of aromatic nitrogens is 1. The summed E-state index contributed by atoms with van der Waals surface area (Å²) in [4.78, 5) is 15.9. The van der Waals surface area contributed by atoms with E-state index in [0.29, 0.717) is 23.6 Å². The van der Waals surface area contributed by atoms with Crippen molar-refractivity contribution in [2.24, 2.45) is 11.3 Å². The molecule has 1 aromatic heterocycles. The van der Waals surface area contributed by atoms with E-state index in [2.05, 4.69) is 24.1 Å². The molecular weight excluding hydrogens is 256 g/mol. The third-order valence-corrected chi connectivity index (χ3v) is 4.48. The Bertz CT molecular complexity index is 416. The first-order valence-electron chi connectivity index (χ1n) is 5.77. The number of thiazole rings is 1. The smallest absolute Gasteiger partial charge is 0.226 e. The van der Waals surface area contributed by atoms with Crippen LogP contribution in [0.5, 0.6) is 0 Å². The molecule has 1 saturated carbocycles. The molecule has 1 aliphatic rings. The van der Waals surface area contributed by atoms with Gasteiger partial charge in [0.2, 0.25) is 5.91 Å². The van der Waals surface area contributed by atoms with Gasteiger partial charge in [-0.25, -0.2) is 4.98 Å². The molecule has 0 spiro atoms. The summed E-state index contributed by atoms with van der Waals surface area (Å²) in [5.74, 6) is 1.11. The molecule has 2 rings (SSSR count). The van der Waals surface area contributed by atoms with Crippen molar-refractivity contribution < 1.29 is 4.79 Å². The minimum Gasteiger partial charge on any atom is -0.355 e. The number of hydrogen-bond donors (Lipinski definition) is 1. The molecule has 1 N–H and O–H groups in total. The van der Waals surface area contributed by atoms with Gasteiger partial charge in [0.25, 0.3) is 0 Å². The van der Waals surface area contributed by atoms with Gasteiger partial charge in [-0.15, -0.1) is 22.9 Å². The Balaban J connectivity index is 1.74. The zero-order valence-corrected chi connectivity index (χ0v) is 11.7. The van der Waals surface area contributed by atoms with E-state index in [0.717, 1.165) is 17.2 Å². The highest BCUT2D eigenvalue weighted by Crippen LogP contribution is 2.50. The van der Waals surface area contributed by atoms with Crippen molar-refractivity contribution in [3.8, 4) is 0 Å². The average molecular weight is 273 g/mol. The number of nitrogens with zero attached hydrogens (tertiary/aromatic N) is 1. The molecule has 17 heavy (non-hydrogen) atoms. The lowest BCUT2D eigenvalue weighted by molar-refractivity contribution is -0.120. The fraction of sp³-hybridized carbons (Fsp3) is 0.667. The van der Waals surface area contributed by atoms with Crippen molar-refractivity contribution in [1.82, 2.24) is 10.3 Å². The third-order valence-electron chi connectivity index (χ3n) is 3.31. The summed E-state index contributed by atoms with van der Waals surface area (Å²) in [6, 6.07) is 0. The number of alkyl halides is 1. The van der Waals surface area contributed by atoms with Crippen LogP contribution in [0.4, 0.5) is 0 Å². The van der Waals surface area contributed by atoms with Crippen LogP contribution in [-0.4, -0.2) is 17.4 Å². The molecule has 0 bridgehead atoms. The van der Waals surface area contributed by atoms with E-state index < -0.39 is 0 Å². The molecule has 1 atom stereocenters. The number of halogens is 1. The molecule has 0 aromatic carbocycles. The minimum absolute atomic E-state index is 0.0585. The molecule has 0 aliphatic heterocycles. The zero-order valence-electron chi connectivity index (χ0n) is 10.1. The topological polar surface area (TPSA) is 42.0 Å². The number of rotatable bonds is 5. The number of carbonyl (C=O) groups is 1. The summed E-state index contributed by atoms with van der Waals surface area (Å²) in [5, 5.41) is 5.71. The van der Waals surface area contributed by atoms with Gasteiger partial charge in [0.15, 0.2) is 0 Å². The maximum Gasteiger partial charge on any atom is 0.226 e. The first-order valence-corrected chi connectivity index (χ1v) is 7.18. The molecule has 1 heterocycles. The largest absolute Gasteiger partial charge is 0.355 e. The molecule has 5 heteroatoms. The van der Waals surface area contributed by atoms with Crippen molar-refractivity contribution in [2.45, 2.75) is 32.6 Å². The van der Waals surface area contributed by atoms with Crippen LogP contribution < -0.4 is 5.32 Å². The second-order valence-corrected chi connectivity index (χ2v) is 6.45. The third kappa shape index (κ3) is 3.42. The lowest BCUT2D eigenvalue weighted by Crippen LogP contribution is -2.28. The van der Waals surface area contributed by atoms with Crippen molar-refractivity contribution in [2.75, 3.05) is 6.54 Å². The van der Waals surface area contributed by atoms with Gasteiger partial charge >= 0.3 is 0 Å². The Morgan fingerprint density at radius 1 is 1.71 bits per heavy atom. The molecule has 3 nitrogen and oxygen atoms in total. The van der Waals surface area contributed by atoms with E-state index in [-0.39, 0.29) is 5.91 Å². The highest BCUT2D eigenvalue weighted by atomic mass is 35.5. The van der Waals surface area contributed by atoms with E-state index in [1.807, 2.05) is 5.38 Å². The second-order valence-electron chi connectivity index (χ2n) is 5.24. The predicted octanol–water partition coefficient (Wildman–Crippen LogP) is 2.59. The first kappa shape index (κ1) is 12.8. The van der Waals surface area contributed by atoms with Crippen LogP contribution in [0.1, 0.15) is 31.0 Å². The van der Waals surface area contributed by atoms with Crippen LogP contribution in [-0.2, 0) is 17.1 Å². The molecule has 94 valence electrons. The normalized spacial score (nSPS) is 21.2. The van der Waals surface area contributed by atoms with Gasteiger partial charge < -0.3 is 5.32 Å². The Hall–Kier alpha value is -0.610. The Morgan fingerprint density at radius 2 is 2.41 bits per heavy atom. The fourth-order valence-electron chi connectivity index (χ4n) is 1.85. The van der Waals surface area contributed by atoms with Crippen molar-refractivity contribution in [3.05, 3.63) is 16.1 Å². The summed E-state index contributed by atoms with van der Waals surface area (Å²) in [6.45, 7) is 5.26. The summed E-state index contributed by atoms with van der Waals surface area (Å²) in [5.41, 5.74) is 1.27. The van der Waals surface area contributed by atoms with Gasteiger partial charge in [0.1, 0.15) is 5.01 Å². The maximum atomic E-state index is 11.7. The molecule has 0 radical (unpaired) electrons. The molecule has 0 saturated heterocycles. The summed E-state index contributed by atoms with van der Waals surface area (Å²) < 4.78 is 0. The van der Waals surface area contributed by atoms with Crippen molar-refractivity contribution in [3.63, 3.8) is 0 Å². The monoisotopic (exact) mass is 272 g/mol. The van der Waals surface area contributed by atoms with E-state index >= 15 is 0 Å². The number of carbonyl (C=O) groups excluding carboxylic acids is 1. The Morgan fingerprint density at radius 3 is 2.94 bits per heavy atom. The molecular formula is C12H17ClN2OS. The highest BCUT2D eigenvalue weighted by Gasteiger charge is 2.45. The van der Waals surface area contributed by atoms with E-state index in [1.54, 1.807) is 0 Å². The minimum atomic E-state index is 0.0585. The van der Waals surface area contributed by atoms with Crippen LogP contribution in [0.3, 0.4) is 0 Å². The van der Waals surface area contributed by atoms with Gasteiger partial charge in [0, 0.05) is 11.9 Å². The van der Waals surface area contributed by atoms with Gasteiger partial charge in [0.05, 0.1) is 18.0 Å². The zero-order chi connectivity index (χ0) is 12.5. The highest BCUT2D eigenvalue weighted by molar-refractivity contribution is 7.09. The quantitative estimate of drug-likeness (QED) is 0.837. The van der Waals surface area contributed by atoms with Crippen LogP contribution in [0, 0.1) is 11.3 Å². The van der Waals surface area contributed by atoms with Crippen molar-refractivity contribution in [1.29, 1.82) is 0 Å². The lowest BCUT2D eigenvalue weighted by Gasteiger charge is -2.05. The lowest BCUT2D eigenvalue weighted by atomic mass is 10.1. The van der Waals surface area contributed by atoms with Crippen LogP contribution in [0.15, 0.2) is 5.38 Å². The van der Waals surface area contributed by atoms with Crippen molar-refractivity contribution >= 4 is 28.8 Å². The molecule has 1 aliphatic carbocycles. The Kier molecular flexibility index (Phi) is 3.73. The van der Waals surface area contributed by atoms with Crippen LogP contribution in [0.2, 0.25) is 0 Å². The Labute approximate surface area is 111 Å². The number of hydrogen-bond acceptors (Lipinski definition) is 3. The molecule has 1 fully saturated rings. The van der Waals surface area contributed by atoms with Gasteiger partial charge in [-0.1, -0.05) is 13.8 Å². The predicted molar refractivity (Wildman–Crippen MR) is 70.3 cm³/mol. The molecule has 1 amide bonds. The standard InChI is InChI=1S/C12H17ClN2OS/c1-12(2)4-8(12)6-14-10(16)3-11-15-9(5-13)7-17-11/h7-8H,3-6H2,1-2H3,(H,14,16). The van der Waals surface area contributed by atoms with Crippen LogP contribution >= 0.6 is 22.9 Å². The van der Waals surface area contributed by atoms with E-state index in [9.17, 15) is 4.79 Å². The van der Waals surface area contributed by atoms with Gasteiger partial charge in [-0.05, 0) is 17.8 Å². The summed E-state index contributed by atoms with van der Waals surface area (Å²) >= 11 is 7.16. The molecule has 1 aromatic rings. The van der Waals surface area contributed by atoms with E-state index in [1.165, 1.54) is 17.8 Å². The van der Waals surface area contributed by atoms with Gasteiger partial charge in [-0.2, -0.15) is 0 Å². The second kappa shape index (κ2) is 4.94. The van der Waals surface area contributed by atoms with Crippen LogP contribution in [0.25, 0.3) is 0 Å². The SMILES string of the molecule is CC1(C)CC1CNC(=O)Cc1nc(CCl)cs1. The fourth-order valence-corrected chi connectivity index (χ4v) is 2.87. The number of amides is 1. The summed E-state index contributed by atoms with van der Waals surface area (Å²) in [6.07, 6.45) is 1.58. The van der Waals surface area contributed by atoms with E-state index in [4.69, 9.17) is 11.6 Å². The average Bonchev–Trinajstić information content (AvgIpc) is 2.70. The summed E-state index contributed by atoms with van der Waals surface area (Å²) in [7, 11) is 0. The number of nitrogens with one attached hydrogen (secondary N) is 1. The molecule has 1 unspecified atom stereocenters. The van der Waals surface area contributed by atoms with Gasteiger partial charge in [-0.3, -0.25) is 4.79 Å². The first-order chi connectivity index (χ1) is 8.01.